The normalized spacial score (nSPS) is 21.1. The van der Waals surface area contributed by atoms with Crippen LogP contribution in [-0.4, -0.2) is 35.2 Å². The lowest BCUT2D eigenvalue weighted by atomic mass is 9.89. The Balaban J connectivity index is 2.05. The molecule has 7 heteroatoms. The van der Waals surface area contributed by atoms with Gasteiger partial charge >= 0.3 is 5.69 Å². The molecule has 0 spiro atoms. The number of hydrogen-bond acceptors (Lipinski definition) is 6. The third kappa shape index (κ3) is 3.36. The van der Waals surface area contributed by atoms with Crippen molar-refractivity contribution in [3.8, 4) is 0 Å². The predicted octanol–water partition coefficient (Wildman–Crippen LogP) is 2.40. The zero-order chi connectivity index (χ0) is 14.5. The van der Waals surface area contributed by atoms with Crippen LogP contribution in [0.25, 0.3) is 0 Å². The maximum atomic E-state index is 11.0. The molecule has 1 heterocycles. The van der Waals surface area contributed by atoms with E-state index in [1.807, 2.05) is 13.8 Å². The molecule has 0 aromatic carbocycles. The lowest BCUT2D eigenvalue weighted by Crippen LogP contribution is -2.41. The molecule has 0 saturated heterocycles. The topological polar surface area (TPSA) is 89.3 Å². The van der Waals surface area contributed by atoms with Crippen LogP contribution >= 0.6 is 0 Å². The smallest absolute Gasteiger partial charge is 0.311 e. The van der Waals surface area contributed by atoms with E-state index in [0.717, 1.165) is 19.4 Å². The summed E-state index contributed by atoms with van der Waals surface area (Å²) < 4.78 is 5.48. The van der Waals surface area contributed by atoms with Crippen LogP contribution in [0.4, 0.5) is 17.3 Å². The second-order valence-corrected chi connectivity index (χ2v) is 4.74. The standard InChI is InChI=1S/C13H20N4O3/c1-3-14-12-6-5-11(17(18)19)13(16-12)15-9-7-10(8-9)20-4-2/h5-6,9-10H,3-4,7-8H2,1-2H3,(H2,14,15,16). The van der Waals surface area contributed by atoms with E-state index in [0.29, 0.717) is 18.2 Å². The average molecular weight is 280 g/mol. The van der Waals surface area contributed by atoms with E-state index in [9.17, 15) is 10.1 Å². The van der Waals surface area contributed by atoms with E-state index in [1.165, 1.54) is 6.07 Å². The molecule has 1 aliphatic carbocycles. The highest BCUT2D eigenvalue weighted by molar-refractivity contribution is 5.60. The minimum Gasteiger partial charge on any atom is -0.378 e. The van der Waals surface area contributed by atoms with E-state index < -0.39 is 4.92 Å². The molecule has 2 rings (SSSR count). The van der Waals surface area contributed by atoms with Gasteiger partial charge in [-0.3, -0.25) is 10.1 Å². The van der Waals surface area contributed by atoms with Crippen molar-refractivity contribution in [1.29, 1.82) is 0 Å². The zero-order valence-electron chi connectivity index (χ0n) is 11.8. The van der Waals surface area contributed by atoms with Gasteiger partial charge in [0.25, 0.3) is 0 Å². The van der Waals surface area contributed by atoms with Crippen LogP contribution in [0.1, 0.15) is 26.7 Å². The Hall–Kier alpha value is -1.89. The van der Waals surface area contributed by atoms with Crippen molar-refractivity contribution in [2.45, 2.75) is 38.8 Å². The summed E-state index contributed by atoms with van der Waals surface area (Å²) in [6, 6.07) is 3.29. The number of hydrogen-bond donors (Lipinski definition) is 2. The molecule has 0 radical (unpaired) electrons. The van der Waals surface area contributed by atoms with Crippen LogP contribution in [0.5, 0.6) is 0 Å². The number of ether oxygens (including phenoxy) is 1. The van der Waals surface area contributed by atoms with Gasteiger partial charge in [0.1, 0.15) is 5.82 Å². The van der Waals surface area contributed by atoms with Crippen molar-refractivity contribution in [3.63, 3.8) is 0 Å². The second kappa shape index (κ2) is 6.51. The van der Waals surface area contributed by atoms with Gasteiger partial charge < -0.3 is 15.4 Å². The molecule has 1 aliphatic rings. The monoisotopic (exact) mass is 280 g/mol. The first-order chi connectivity index (χ1) is 9.63. The number of aromatic nitrogens is 1. The molecule has 0 aliphatic heterocycles. The van der Waals surface area contributed by atoms with Gasteiger partial charge in [-0.2, -0.15) is 0 Å². The fraction of sp³-hybridized carbons (Fsp3) is 0.615. The fourth-order valence-corrected chi connectivity index (χ4v) is 2.23. The van der Waals surface area contributed by atoms with Gasteiger partial charge in [0.05, 0.1) is 11.0 Å². The van der Waals surface area contributed by atoms with Crippen molar-refractivity contribution >= 4 is 17.3 Å². The third-order valence-electron chi connectivity index (χ3n) is 3.27. The van der Waals surface area contributed by atoms with Crippen molar-refractivity contribution in [2.24, 2.45) is 0 Å². The molecular weight excluding hydrogens is 260 g/mol. The summed E-state index contributed by atoms with van der Waals surface area (Å²) in [5.74, 6) is 0.967. The van der Waals surface area contributed by atoms with E-state index in [2.05, 4.69) is 15.6 Å². The van der Waals surface area contributed by atoms with Crippen molar-refractivity contribution in [1.82, 2.24) is 4.98 Å². The Morgan fingerprint density at radius 2 is 2.20 bits per heavy atom. The minimum atomic E-state index is -0.413. The van der Waals surface area contributed by atoms with Gasteiger partial charge in [-0.05, 0) is 32.8 Å². The third-order valence-corrected chi connectivity index (χ3v) is 3.27. The SMILES string of the molecule is CCNc1ccc([N+](=O)[O-])c(NC2CC(OCC)C2)n1. The Morgan fingerprint density at radius 1 is 1.45 bits per heavy atom. The van der Waals surface area contributed by atoms with Crippen molar-refractivity contribution in [2.75, 3.05) is 23.8 Å². The van der Waals surface area contributed by atoms with Crippen LogP contribution in [0, 0.1) is 10.1 Å². The summed E-state index contributed by atoms with van der Waals surface area (Å²) in [6.45, 7) is 5.34. The summed E-state index contributed by atoms with van der Waals surface area (Å²) >= 11 is 0. The van der Waals surface area contributed by atoms with Crippen molar-refractivity contribution < 1.29 is 9.66 Å². The van der Waals surface area contributed by atoms with Crippen LogP contribution in [0.2, 0.25) is 0 Å². The minimum absolute atomic E-state index is 0.00603. The molecule has 7 nitrogen and oxygen atoms in total. The zero-order valence-corrected chi connectivity index (χ0v) is 11.8. The van der Waals surface area contributed by atoms with Crippen LogP contribution in [-0.2, 0) is 4.74 Å². The average Bonchev–Trinajstić information content (AvgIpc) is 2.36. The van der Waals surface area contributed by atoms with Gasteiger partial charge in [0.15, 0.2) is 0 Å². The summed E-state index contributed by atoms with van der Waals surface area (Å²) in [5.41, 5.74) is 0.00603. The first-order valence-corrected chi connectivity index (χ1v) is 6.91. The van der Waals surface area contributed by atoms with Gasteiger partial charge in [0.2, 0.25) is 5.82 Å². The largest absolute Gasteiger partial charge is 0.378 e. The number of nitro groups is 1. The molecule has 1 aromatic rings. The molecule has 2 N–H and O–H groups in total. The second-order valence-electron chi connectivity index (χ2n) is 4.74. The molecule has 0 atom stereocenters. The molecule has 1 aromatic heterocycles. The Bertz CT molecular complexity index is 475. The highest BCUT2D eigenvalue weighted by Gasteiger charge is 2.31. The quantitative estimate of drug-likeness (QED) is 0.589. The number of rotatable bonds is 7. The van der Waals surface area contributed by atoms with E-state index in [1.54, 1.807) is 6.07 Å². The molecule has 110 valence electrons. The molecule has 20 heavy (non-hydrogen) atoms. The molecule has 1 fully saturated rings. The summed E-state index contributed by atoms with van der Waals surface area (Å²) in [5, 5.41) is 17.2. The van der Waals surface area contributed by atoms with Crippen molar-refractivity contribution in [3.05, 3.63) is 22.2 Å². The van der Waals surface area contributed by atoms with Gasteiger partial charge in [0, 0.05) is 25.3 Å². The molecule has 0 unspecified atom stereocenters. The number of nitrogens with zero attached hydrogens (tertiary/aromatic N) is 2. The number of anilines is 2. The summed E-state index contributed by atoms with van der Waals surface area (Å²) in [4.78, 5) is 14.9. The van der Waals surface area contributed by atoms with E-state index >= 15 is 0 Å². The highest BCUT2D eigenvalue weighted by atomic mass is 16.6. The van der Waals surface area contributed by atoms with E-state index in [4.69, 9.17) is 4.74 Å². The first-order valence-electron chi connectivity index (χ1n) is 6.91. The van der Waals surface area contributed by atoms with Gasteiger partial charge in [-0.15, -0.1) is 0 Å². The van der Waals surface area contributed by atoms with Crippen LogP contribution in [0.15, 0.2) is 12.1 Å². The Kier molecular flexibility index (Phi) is 4.73. The predicted molar refractivity (Wildman–Crippen MR) is 77.1 cm³/mol. The summed E-state index contributed by atoms with van der Waals surface area (Å²) in [6.07, 6.45) is 1.98. The lowest BCUT2D eigenvalue weighted by molar-refractivity contribution is -0.384. The number of pyridine rings is 1. The number of nitrogens with one attached hydrogen (secondary N) is 2. The summed E-state index contributed by atoms with van der Waals surface area (Å²) in [7, 11) is 0. The highest BCUT2D eigenvalue weighted by Crippen LogP contribution is 2.30. The molecule has 0 bridgehead atoms. The Morgan fingerprint density at radius 3 is 2.80 bits per heavy atom. The van der Waals surface area contributed by atoms with Crippen LogP contribution < -0.4 is 10.6 Å². The molecule has 0 amide bonds. The molecule has 1 saturated carbocycles. The van der Waals surface area contributed by atoms with Gasteiger partial charge in [-0.25, -0.2) is 4.98 Å². The Labute approximate surface area is 117 Å². The maximum absolute atomic E-state index is 11.0. The fourth-order valence-electron chi connectivity index (χ4n) is 2.23. The first kappa shape index (κ1) is 14.5. The maximum Gasteiger partial charge on any atom is 0.311 e. The molecular formula is C13H20N4O3. The van der Waals surface area contributed by atoms with Gasteiger partial charge in [-0.1, -0.05) is 0 Å². The lowest BCUT2D eigenvalue weighted by Gasteiger charge is -2.35. The van der Waals surface area contributed by atoms with Crippen LogP contribution in [0.3, 0.4) is 0 Å². The van der Waals surface area contributed by atoms with E-state index in [-0.39, 0.29) is 17.8 Å².